The summed E-state index contributed by atoms with van der Waals surface area (Å²) >= 11 is 6.96. The van der Waals surface area contributed by atoms with Crippen LogP contribution in [0.3, 0.4) is 0 Å². The first-order chi connectivity index (χ1) is 14.3. The highest BCUT2D eigenvalue weighted by atomic mass is 35.5. The molecule has 0 saturated carbocycles. The van der Waals surface area contributed by atoms with Crippen LogP contribution in [-0.2, 0) is 6.18 Å². The van der Waals surface area contributed by atoms with Crippen molar-refractivity contribution in [3.05, 3.63) is 63.5 Å². The van der Waals surface area contributed by atoms with Crippen LogP contribution >= 0.6 is 22.9 Å². The molecule has 0 spiro atoms. The molecule has 0 amide bonds. The van der Waals surface area contributed by atoms with E-state index in [2.05, 4.69) is 15.5 Å². The molecule has 30 heavy (non-hydrogen) atoms. The molecular formula is C19H11ClF3N3O3S. The molecule has 2 heterocycles. The number of anilines is 2. The number of ether oxygens (including phenoxy) is 1. The zero-order valence-electron chi connectivity index (χ0n) is 15.1. The summed E-state index contributed by atoms with van der Waals surface area (Å²) in [4.78, 5) is 12.4. The third-order valence-corrected chi connectivity index (χ3v) is 5.34. The fraction of sp³-hybridized carbons (Fsp3) is 0.105. The van der Waals surface area contributed by atoms with Crippen LogP contribution in [-0.4, -0.2) is 17.3 Å². The second kappa shape index (κ2) is 7.62. The second-order valence-corrected chi connectivity index (χ2v) is 7.44. The lowest BCUT2D eigenvalue weighted by Gasteiger charge is -2.10. The average Bonchev–Trinajstić information content (AvgIpc) is 3.16. The molecule has 0 saturated heterocycles. The molecule has 0 fully saturated rings. The van der Waals surface area contributed by atoms with Crippen LogP contribution in [0.5, 0.6) is 5.75 Å². The minimum atomic E-state index is -4.52. The quantitative estimate of drug-likeness (QED) is 0.397. The molecule has 0 aliphatic heterocycles. The number of nitrogens with one attached hydrogen (secondary N) is 1. The van der Waals surface area contributed by atoms with Gasteiger partial charge in [0.1, 0.15) is 0 Å². The molecule has 0 bridgehead atoms. The predicted octanol–water partition coefficient (Wildman–Crippen LogP) is 5.74. The van der Waals surface area contributed by atoms with Gasteiger partial charge in [0.05, 0.1) is 28.9 Å². The predicted molar refractivity (Wildman–Crippen MR) is 108 cm³/mol. The van der Waals surface area contributed by atoms with Crippen LogP contribution in [0.15, 0.2) is 51.7 Å². The molecule has 1 N–H and O–H groups in total. The third kappa shape index (κ3) is 3.83. The number of methoxy groups -OCH3 is 1. The first-order valence-corrected chi connectivity index (χ1v) is 9.54. The van der Waals surface area contributed by atoms with Gasteiger partial charge in [0.15, 0.2) is 16.3 Å². The lowest BCUT2D eigenvalue weighted by molar-refractivity contribution is -0.137. The average molecular weight is 454 g/mol. The van der Waals surface area contributed by atoms with Gasteiger partial charge in [0.2, 0.25) is 5.13 Å². The van der Waals surface area contributed by atoms with Crippen LogP contribution in [0.1, 0.15) is 5.56 Å². The number of fused-ring (bicyclic) bond motifs is 1. The van der Waals surface area contributed by atoms with E-state index in [-0.39, 0.29) is 26.4 Å². The summed E-state index contributed by atoms with van der Waals surface area (Å²) in [6.45, 7) is 0. The number of hydrogen-bond donors (Lipinski definition) is 1. The van der Waals surface area contributed by atoms with E-state index < -0.39 is 17.4 Å². The van der Waals surface area contributed by atoms with Crippen LogP contribution in [0.25, 0.3) is 21.5 Å². The Hall–Kier alpha value is -3.11. The summed E-state index contributed by atoms with van der Waals surface area (Å²) in [6, 6.07) is 9.64. The lowest BCUT2D eigenvalue weighted by Crippen LogP contribution is -2.05. The van der Waals surface area contributed by atoms with Crippen molar-refractivity contribution in [2.24, 2.45) is 0 Å². The first kappa shape index (κ1) is 20.2. The summed E-state index contributed by atoms with van der Waals surface area (Å²) in [6.07, 6.45) is -4.52. The Kier molecular flexibility index (Phi) is 5.12. The summed E-state index contributed by atoms with van der Waals surface area (Å²) in [5.41, 5.74) is -1.02. The smallest absolute Gasteiger partial charge is 0.416 e. The fourth-order valence-corrected chi connectivity index (χ4v) is 3.65. The van der Waals surface area contributed by atoms with E-state index in [0.717, 1.165) is 29.5 Å². The van der Waals surface area contributed by atoms with Crippen molar-refractivity contribution in [2.75, 3.05) is 12.4 Å². The van der Waals surface area contributed by atoms with Crippen LogP contribution in [0, 0.1) is 0 Å². The molecule has 0 atom stereocenters. The van der Waals surface area contributed by atoms with Crippen molar-refractivity contribution in [3.8, 4) is 16.3 Å². The van der Waals surface area contributed by atoms with E-state index in [1.165, 1.54) is 7.11 Å². The molecule has 0 aliphatic carbocycles. The fourth-order valence-electron chi connectivity index (χ4n) is 2.72. The highest BCUT2D eigenvalue weighted by Crippen LogP contribution is 2.36. The van der Waals surface area contributed by atoms with Crippen molar-refractivity contribution in [1.29, 1.82) is 0 Å². The Labute approximate surface area is 175 Å². The number of benzene rings is 2. The van der Waals surface area contributed by atoms with Crippen molar-refractivity contribution in [1.82, 2.24) is 10.2 Å². The van der Waals surface area contributed by atoms with Crippen molar-refractivity contribution < 1.29 is 22.3 Å². The molecule has 11 heteroatoms. The van der Waals surface area contributed by atoms with Gasteiger partial charge in [0.25, 0.3) is 0 Å². The van der Waals surface area contributed by atoms with Crippen LogP contribution in [0.4, 0.5) is 24.0 Å². The number of hydrogen-bond acceptors (Lipinski definition) is 7. The zero-order chi connectivity index (χ0) is 21.5. The van der Waals surface area contributed by atoms with Crippen molar-refractivity contribution >= 4 is 44.7 Å². The lowest BCUT2D eigenvalue weighted by atomic mass is 10.2. The minimum absolute atomic E-state index is 0.0180. The SMILES string of the molecule is COc1cccc2cc(-c3nnc(Nc4cc(C(F)(F)F)ccc4Cl)s3)c(=O)oc12. The van der Waals surface area contributed by atoms with E-state index in [9.17, 15) is 18.0 Å². The standard InChI is InChI=1S/C19H11ClF3N3O3S/c1-28-14-4-2-3-9-7-11(17(27)29-15(9)14)16-25-26-18(30-16)24-13-8-10(19(21,22)23)5-6-12(13)20/h2-8H,1H3,(H,24,26). The van der Waals surface area contributed by atoms with Crippen LogP contribution < -0.4 is 15.7 Å². The number of alkyl halides is 3. The minimum Gasteiger partial charge on any atom is -0.493 e. The second-order valence-electron chi connectivity index (χ2n) is 6.06. The maximum Gasteiger partial charge on any atom is 0.416 e. The first-order valence-electron chi connectivity index (χ1n) is 8.35. The maximum atomic E-state index is 12.9. The summed E-state index contributed by atoms with van der Waals surface area (Å²) < 4.78 is 49.4. The number of halogens is 4. The van der Waals surface area contributed by atoms with Gasteiger partial charge < -0.3 is 14.5 Å². The van der Waals surface area contributed by atoms with E-state index in [4.69, 9.17) is 20.8 Å². The summed E-state index contributed by atoms with van der Waals surface area (Å²) in [5.74, 6) is 0.412. The summed E-state index contributed by atoms with van der Waals surface area (Å²) in [7, 11) is 1.46. The molecular weight excluding hydrogens is 443 g/mol. The van der Waals surface area contributed by atoms with Gasteiger partial charge in [-0.3, -0.25) is 0 Å². The number of rotatable bonds is 4. The Morgan fingerprint density at radius 3 is 2.70 bits per heavy atom. The Morgan fingerprint density at radius 2 is 1.97 bits per heavy atom. The molecule has 4 rings (SSSR count). The largest absolute Gasteiger partial charge is 0.493 e. The zero-order valence-corrected chi connectivity index (χ0v) is 16.7. The van der Waals surface area contributed by atoms with Gasteiger partial charge in [-0.2, -0.15) is 13.2 Å². The monoisotopic (exact) mass is 453 g/mol. The Bertz CT molecular complexity index is 1300. The molecule has 0 aliphatic rings. The van der Waals surface area contributed by atoms with Gasteiger partial charge in [-0.05, 0) is 30.3 Å². The van der Waals surface area contributed by atoms with E-state index in [1.54, 1.807) is 24.3 Å². The molecule has 2 aromatic carbocycles. The van der Waals surface area contributed by atoms with Crippen molar-refractivity contribution in [3.63, 3.8) is 0 Å². The molecule has 0 radical (unpaired) electrons. The Balaban J connectivity index is 1.69. The number of aromatic nitrogens is 2. The molecule has 0 unspecified atom stereocenters. The highest BCUT2D eigenvalue weighted by Gasteiger charge is 2.31. The van der Waals surface area contributed by atoms with E-state index in [0.29, 0.717) is 16.7 Å². The highest BCUT2D eigenvalue weighted by molar-refractivity contribution is 7.18. The van der Waals surface area contributed by atoms with Gasteiger partial charge >= 0.3 is 11.8 Å². The molecule has 4 aromatic rings. The van der Waals surface area contributed by atoms with Gasteiger partial charge in [0, 0.05) is 5.39 Å². The normalized spacial score (nSPS) is 11.6. The summed E-state index contributed by atoms with van der Waals surface area (Å²) in [5, 5.41) is 11.6. The van der Waals surface area contributed by atoms with Gasteiger partial charge in [-0.1, -0.05) is 35.1 Å². The molecule has 6 nitrogen and oxygen atoms in total. The van der Waals surface area contributed by atoms with Crippen molar-refractivity contribution in [2.45, 2.75) is 6.18 Å². The topological polar surface area (TPSA) is 77.3 Å². The van der Waals surface area contributed by atoms with E-state index >= 15 is 0 Å². The number of para-hydroxylation sites is 1. The Morgan fingerprint density at radius 1 is 1.17 bits per heavy atom. The maximum absolute atomic E-state index is 12.9. The van der Waals surface area contributed by atoms with E-state index in [1.807, 2.05) is 0 Å². The van der Waals surface area contributed by atoms with Gasteiger partial charge in [-0.15, -0.1) is 10.2 Å². The molecule has 154 valence electrons. The molecule has 2 aromatic heterocycles. The van der Waals surface area contributed by atoms with Gasteiger partial charge in [-0.25, -0.2) is 4.79 Å². The van der Waals surface area contributed by atoms with Crippen LogP contribution in [0.2, 0.25) is 5.02 Å². The number of nitrogens with zero attached hydrogens (tertiary/aromatic N) is 2. The third-order valence-electron chi connectivity index (χ3n) is 4.13.